The lowest BCUT2D eigenvalue weighted by atomic mass is 10.0. The highest BCUT2D eigenvalue weighted by atomic mass is 16.7. The number of anilines is 1. The van der Waals surface area contributed by atoms with Gasteiger partial charge in [-0.1, -0.05) is 5.16 Å². The van der Waals surface area contributed by atoms with E-state index in [2.05, 4.69) is 5.16 Å². The Balaban J connectivity index is 2.20. The summed E-state index contributed by atoms with van der Waals surface area (Å²) in [7, 11) is 0. The lowest BCUT2D eigenvalue weighted by Crippen LogP contribution is -1.94. The number of hydrogen-bond acceptors (Lipinski definition) is 5. The van der Waals surface area contributed by atoms with Crippen LogP contribution < -0.4 is 15.2 Å². The largest absolute Gasteiger partial charge is 0.454 e. The molecule has 0 fully saturated rings. The SMILES string of the molecule is Cc1c(-c2cnoc2N)ccc2c1OCO2. The molecule has 0 atom stereocenters. The molecule has 0 spiro atoms. The molecule has 2 aromatic rings. The average molecular weight is 218 g/mol. The molecular weight excluding hydrogens is 208 g/mol. The standard InChI is InChI=1S/C11H10N2O3/c1-6-7(8-4-13-16-11(8)12)2-3-9-10(6)15-5-14-9/h2-4H,5,12H2,1H3. The van der Waals surface area contributed by atoms with Gasteiger partial charge in [-0.15, -0.1) is 0 Å². The maximum absolute atomic E-state index is 5.69. The monoisotopic (exact) mass is 218 g/mol. The Kier molecular flexibility index (Phi) is 1.80. The molecule has 1 aliphatic heterocycles. The Bertz CT molecular complexity index is 548. The van der Waals surface area contributed by atoms with Gasteiger partial charge in [0.25, 0.3) is 0 Å². The summed E-state index contributed by atoms with van der Waals surface area (Å²) in [6.45, 7) is 2.22. The Morgan fingerprint density at radius 1 is 1.25 bits per heavy atom. The van der Waals surface area contributed by atoms with Crippen molar-refractivity contribution in [3.05, 3.63) is 23.9 Å². The van der Waals surface area contributed by atoms with E-state index in [9.17, 15) is 0 Å². The molecule has 1 aromatic carbocycles. The smallest absolute Gasteiger partial charge is 0.231 e. The van der Waals surface area contributed by atoms with Crippen molar-refractivity contribution in [2.45, 2.75) is 6.92 Å². The van der Waals surface area contributed by atoms with Crippen molar-refractivity contribution in [2.24, 2.45) is 0 Å². The Morgan fingerprint density at radius 2 is 2.12 bits per heavy atom. The van der Waals surface area contributed by atoms with E-state index in [1.54, 1.807) is 6.20 Å². The number of nitrogens with zero attached hydrogens (tertiary/aromatic N) is 1. The van der Waals surface area contributed by atoms with Gasteiger partial charge >= 0.3 is 0 Å². The minimum Gasteiger partial charge on any atom is -0.454 e. The van der Waals surface area contributed by atoms with Crippen LogP contribution in [-0.4, -0.2) is 11.9 Å². The number of fused-ring (bicyclic) bond motifs is 1. The zero-order valence-corrected chi connectivity index (χ0v) is 8.69. The van der Waals surface area contributed by atoms with Gasteiger partial charge in [-0.25, -0.2) is 0 Å². The lowest BCUT2D eigenvalue weighted by Gasteiger charge is -2.06. The van der Waals surface area contributed by atoms with Crippen molar-refractivity contribution in [3.8, 4) is 22.6 Å². The van der Waals surface area contributed by atoms with Crippen LogP contribution in [0.15, 0.2) is 22.9 Å². The first-order chi connectivity index (χ1) is 7.77. The summed E-state index contributed by atoms with van der Waals surface area (Å²) in [4.78, 5) is 0. The first-order valence-electron chi connectivity index (χ1n) is 4.87. The van der Waals surface area contributed by atoms with Crippen LogP contribution in [0.25, 0.3) is 11.1 Å². The van der Waals surface area contributed by atoms with Crippen molar-refractivity contribution < 1.29 is 14.0 Å². The summed E-state index contributed by atoms with van der Waals surface area (Å²) < 4.78 is 15.5. The molecule has 1 aromatic heterocycles. The number of hydrogen-bond donors (Lipinski definition) is 1. The fourth-order valence-electron chi connectivity index (χ4n) is 1.85. The summed E-state index contributed by atoms with van der Waals surface area (Å²) in [5.41, 5.74) is 8.38. The molecule has 0 saturated heterocycles. The fourth-order valence-corrected chi connectivity index (χ4v) is 1.85. The van der Waals surface area contributed by atoms with Gasteiger partial charge in [0.2, 0.25) is 12.7 Å². The highest BCUT2D eigenvalue weighted by Gasteiger charge is 2.20. The third-order valence-electron chi connectivity index (χ3n) is 2.68. The lowest BCUT2D eigenvalue weighted by molar-refractivity contribution is 0.173. The second-order valence-electron chi connectivity index (χ2n) is 3.58. The van der Waals surface area contributed by atoms with E-state index >= 15 is 0 Å². The van der Waals surface area contributed by atoms with E-state index < -0.39 is 0 Å². The first-order valence-corrected chi connectivity index (χ1v) is 4.87. The van der Waals surface area contributed by atoms with Gasteiger partial charge in [0.05, 0.1) is 11.8 Å². The van der Waals surface area contributed by atoms with Crippen molar-refractivity contribution in [1.29, 1.82) is 0 Å². The zero-order chi connectivity index (χ0) is 11.1. The van der Waals surface area contributed by atoms with Crippen LogP contribution in [0.3, 0.4) is 0 Å². The van der Waals surface area contributed by atoms with Crippen molar-refractivity contribution in [3.63, 3.8) is 0 Å². The number of benzene rings is 1. The highest BCUT2D eigenvalue weighted by molar-refractivity contribution is 5.77. The van der Waals surface area contributed by atoms with Gasteiger partial charge in [-0.3, -0.25) is 0 Å². The minimum absolute atomic E-state index is 0.263. The van der Waals surface area contributed by atoms with Gasteiger partial charge in [-0.2, -0.15) is 0 Å². The molecule has 0 aliphatic carbocycles. The molecule has 1 aliphatic rings. The number of ether oxygens (including phenoxy) is 2. The summed E-state index contributed by atoms with van der Waals surface area (Å²) in [5.74, 6) is 1.83. The maximum Gasteiger partial charge on any atom is 0.231 e. The van der Waals surface area contributed by atoms with E-state index in [0.717, 1.165) is 28.2 Å². The molecule has 2 N–H and O–H groups in total. The number of rotatable bonds is 1. The minimum atomic E-state index is 0.263. The predicted octanol–water partition coefficient (Wildman–Crippen LogP) is 1.96. The third-order valence-corrected chi connectivity index (χ3v) is 2.68. The van der Waals surface area contributed by atoms with E-state index in [1.165, 1.54) is 0 Å². The van der Waals surface area contributed by atoms with E-state index in [1.807, 2.05) is 19.1 Å². The number of aromatic nitrogens is 1. The Morgan fingerprint density at radius 3 is 2.88 bits per heavy atom. The van der Waals surface area contributed by atoms with Crippen LogP contribution in [0.2, 0.25) is 0 Å². The van der Waals surface area contributed by atoms with Crippen LogP contribution in [0.5, 0.6) is 11.5 Å². The molecule has 0 radical (unpaired) electrons. The molecule has 5 heteroatoms. The summed E-state index contributed by atoms with van der Waals surface area (Å²) >= 11 is 0. The summed E-state index contributed by atoms with van der Waals surface area (Å²) in [6, 6.07) is 3.78. The second kappa shape index (κ2) is 3.16. The molecule has 2 heterocycles. The van der Waals surface area contributed by atoms with Crippen molar-refractivity contribution in [2.75, 3.05) is 12.5 Å². The maximum atomic E-state index is 5.69. The second-order valence-corrected chi connectivity index (χ2v) is 3.58. The van der Waals surface area contributed by atoms with Gasteiger partial charge in [0.1, 0.15) is 0 Å². The van der Waals surface area contributed by atoms with Gasteiger partial charge in [0, 0.05) is 5.56 Å². The molecule has 82 valence electrons. The molecule has 0 bridgehead atoms. The number of nitrogens with two attached hydrogens (primary N) is 1. The zero-order valence-electron chi connectivity index (χ0n) is 8.69. The van der Waals surface area contributed by atoms with E-state index in [0.29, 0.717) is 5.88 Å². The van der Waals surface area contributed by atoms with Crippen molar-refractivity contribution >= 4 is 5.88 Å². The topological polar surface area (TPSA) is 70.5 Å². The number of nitrogen functional groups attached to an aromatic ring is 1. The van der Waals surface area contributed by atoms with Gasteiger partial charge < -0.3 is 19.7 Å². The van der Waals surface area contributed by atoms with Crippen LogP contribution in [0.1, 0.15) is 5.56 Å². The highest BCUT2D eigenvalue weighted by Crippen LogP contribution is 2.41. The molecule has 16 heavy (non-hydrogen) atoms. The predicted molar refractivity (Wildman–Crippen MR) is 57.2 cm³/mol. The third kappa shape index (κ3) is 1.14. The van der Waals surface area contributed by atoms with Crippen molar-refractivity contribution in [1.82, 2.24) is 5.16 Å². The molecule has 0 amide bonds. The normalized spacial score (nSPS) is 13.1. The molecule has 0 saturated carbocycles. The molecule has 0 unspecified atom stereocenters. The van der Waals surface area contributed by atoms with Crippen LogP contribution in [0, 0.1) is 6.92 Å². The van der Waals surface area contributed by atoms with Crippen LogP contribution >= 0.6 is 0 Å². The summed E-state index contributed by atoms with van der Waals surface area (Å²) in [5, 5.41) is 3.66. The Hall–Kier alpha value is -2.17. The van der Waals surface area contributed by atoms with Gasteiger partial charge in [0.15, 0.2) is 11.5 Å². The quantitative estimate of drug-likeness (QED) is 0.792. The Labute approximate surface area is 91.7 Å². The van der Waals surface area contributed by atoms with E-state index in [-0.39, 0.29) is 6.79 Å². The van der Waals surface area contributed by atoms with Crippen LogP contribution in [0.4, 0.5) is 5.88 Å². The average Bonchev–Trinajstić information content (AvgIpc) is 2.88. The fraction of sp³-hybridized carbons (Fsp3) is 0.182. The molecular formula is C11H10N2O3. The molecule has 5 nitrogen and oxygen atoms in total. The first kappa shape index (κ1) is 9.08. The van der Waals surface area contributed by atoms with Gasteiger partial charge in [-0.05, 0) is 24.6 Å². The summed E-state index contributed by atoms with van der Waals surface area (Å²) in [6.07, 6.45) is 1.60. The molecule has 3 rings (SSSR count). The van der Waals surface area contributed by atoms with Crippen LogP contribution in [-0.2, 0) is 0 Å². The van der Waals surface area contributed by atoms with E-state index in [4.69, 9.17) is 19.7 Å².